The Bertz CT molecular complexity index is 830. The first-order chi connectivity index (χ1) is 13.4. The summed E-state index contributed by atoms with van der Waals surface area (Å²) in [6, 6.07) is 7.15. The maximum atomic E-state index is 13.2. The summed E-state index contributed by atoms with van der Waals surface area (Å²) >= 11 is 0. The van der Waals surface area contributed by atoms with Crippen molar-refractivity contribution in [1.29, 1.82) is 0 Å². The van der Waals surface area contributed by atoms with Gasteiger partial charge < -0.3 is 14.2 Å². The summed E-state index contributed by atoms with van der Waals surface area (Å²) in [4.78, 5) is 15.9. The molecule has 2 aliphatic heterocycles. The Morgan fingerprint density at radius 1 is 1.18 bits per heavy atom. The predicted molar refractivity (Wildman–Crippen MR) is 92.2 cm³/mol. The lowest BCUT2D eigenvalue weighted by Crippen LogP contribution is -2.48. The number of likely N-dealkylation sites (tertiary alicyclic amines) is 1. The number of halogens is 3. The predicted octanol–water partition coefficient (Wildman–Crippen LogP) is 3.16. The van der Waals surface area contributed by atoms with Crippen LogP contribution in [0.15, 0.2) is 41.1 Å². The lowest BCUT2D eigenvalue weighted by atomic mass is 9.91. The van der Waals surface area contributed by atoms with Crippen molar-refractivity contribution in [3.63, 3.8) is 0 Å². The SMILES string of the molecule is O=C(c1ccno1)N1CCC2(CC1)CN(Cc1ccccc1C(F)(F)F)CO2. The van der Waals surface area contributed by atoms with Crippen LogP contribution in [0.5, 0.6) is 0 Å². The summed E-state index contributed by atoms with van der Waals surface area (Å²) in [7, 11) is 0. The molecule has 0 unspecified atom stereocenters. The second kappa shape index (κ2) is 7.21. The molecule has 1 aromatic heterocycles. The summed E-state index contributed by atoms with van der Waals surface area (Å²) in [5, 5.41) is 3.55. The minimum atomic E-state index is -4.37. The molecule has 0 radical (unpaired) electrons. The first kappa shape index (κ1) is 18.9. The Kier molecular flexibility index (Phi) is 4.88. The van der Waals surface area contributed by atoms with E-state index in [0.717, 1.165) is 6.07 Å². The number of carbonyl (C=O) groups excluding carboxylic acids is 1. The third-order valence-electron chi connectivity index (χ3n) is 5.39. The van der Waals surface area contributed by atoms with Crippen LogP contribution in [0.3, 0.4) is 0 Å². The molecule has 2 saturated heterocycles. The van der Waals surface area contributed by atoms with Gasteiger partial charge in [0.2, 0.25) is 5.76 Å². The van der Waals surface area contributed by atoms with E-state index in [-0.39, 0.29) is 30.5 Å². The van der Waals surface area contributed by atoms with Gasteiger partial charge in [0.05, 0.1) is 17.4 Å². The number of ether oxygens (including phenoxy) is 1. The van der Waals surface area contributed by atoms with Gasteiger partial charge in [-0.15, -0.1) is 0 Å². The molecule has 4 rings (SSSR count). The van der Waals surface area contributed by atoms with Crippen LogP contribution in [0.2, 0.25) is 0 Å². The van der Waals surface area contributed by atoms with E-state index < -0.39 is 17.3 Å². The Morgan fingerprint density at radius 2 is 1.93 bits per heavy atom. The van der Waals surface area contributed by atoms with Crippen molar-refractivity contribution in [2.75, 3.05) is 26.4 Å². The topological polar surface area (TPSA) is 58.8 Å². The molecule has 1 aromatic carbocycles. The Morgan fingerprint density at radius 3 is 2.61 bits per heavy atom. The van der Waals surface area contributed by atoms with Crippen LogP contribution in [0.25, 0.3) is 0 Å². The molecule has 2 aliphatic rings. The number of carbonyl (C=O) groups is 1. The number of aromatic nitrogens is 1. The number of nitrogens with zero attached hydrogens (tertiary/aromatic N) is 3. The van der Waals surface area contributed by atoms with E-state index in [1.165, 1.54) is 24.4 Å². The second-order valence-corrected chi connectivity index (χ2v) is 7.27. The summed E-state index contributed by atoms with van der Waals surface area (Å²) in [5.74, 6) is -0.00465. The molecule has 6 nitrogen and oxygen atoms in total. The molecule has 28 heavy (non-hydrogen) atoms. The standard InChI is InChI=1S/C19H20F3N3O3/c20-19(21,22)15-4-2-1-3-14(15)11-24-12-18(27-13-24)6-9-25(10-7-18)17(26)16-5-8-23-28-16/h1-5,8H,6-7,9-13H2. The van der Waals surface area contributed by atoms with Gasteiger partial charge in [0.25, 0.3) is 5.91 Å². The monoisotopic (exact) mass is 395 g/mol. The third-order valence-corrected chi connectivity index (χ3v) is 5.39. The first-order valence-electron chi connectivity index (χ1n) is 9.08. The van der Waals surface area contributed by atoms with Crippen LogP contribution in [-0.4, -0.2) is 52.8 Å². The van der Waals surface area contributed by atoms with Gasteiger partial charge in [-0.1, -0.05) is 23.4 Å². The lowest BCUT2D eigenvalue weighted by molar-refractivity contribution is -0.138. The van der Waals surface area contributed by atoms with Crippen LogP contribution in [0, 0.1) is 0 Å². The molecule has 0 N–H and O–H groups in total. The molecule has 0 saturated carbocycles. The van der Waals surface area contributed by atoms with E-state index in [1.54, 1.807) is 11.0 Å². The van der Waals surface area contributed by atoms with Gasteiger partial charge in [0.15, 0.2) is 0 Å². The van der Waals surface area contributed by atoms with E-state index >= 15 is 0 Å². The van der Waals surface area contributed by atoms with Gasteiger partial charge in [-0.2, -0.15) is 13.2 Å². The molecule has 0 bridgehead atoms. The molecule has 0 atom stereocenters. The summed E-state index contributed by atoms with van der Waals surface area (Å²) in [6.07, 6.45) is -1.69. The van der Waals surface area contributed by atoms with Crippen molar-refractivity contribution in [3.05, 3.63) is 53.4 Å². The molecule has 2 aromatic rings. The minimum Gasteiger partial charge on any atom is -0.358 e. The van der Waals surface area contributed by atoms with Gasteiger partial charge in [0.1, 0.15) is 6.73 Å². The highest BCUT2D eigenvalue weighted by atomic mass is 19.4. The van der Waals surface area contributed by atoms with Crippen LogP contribution in [-0.2, 0) is 17.5 Å². The zero-order chi connectivity index (χ0) is 19.8. The molecule has 1 spiro atoms. The molecule has 9 heteroatoms. The Hall–Kier alpha value is -2.39. The average molecular weight is 395 g/mol. The number of piperidine rings is 1. The smallest absolute Gasteiger partial charge is 0.358 e. The van der Waals surface area contributed by atoms with Crippen LogP contribution in [0.1, 0.15) is 34.5 Å². The highest BCUT2D eigenvalue weighted by Crippen LogP contribution is 2.36. The Labute approximate surface area is 159 Å². The number of alkyl halides is 3. The Balaban J connectivity index is 1.37. The van der Waals surface area contributed by atoms with Gasteiger partial charge >= 0.3 is 6.18 Å². The number of hydrogen-bond donors (Lipinski definition) is 0. The maximum absolute atomic E-state index is 13.2. The van der Waals surface area contributed by atoms with Crippen LogP contribution < -0.4 is 0 Å². The van der Waals surface area contributed by atoms with Gasteiger partial charge in [0, 0.05) is 32.2 Å². The van der Waals surface area contributed by atoms with Crippen molar-refractivity contribution in [3.8, 4) is 0 Å². The molecule has 150 valence electrons. The fourth-order valence-corrected chi connectivity index (χ4v) is 3.91. The molecular weight excluding hydrogens is 375 g/mol. The van der Waals surface area contributed by atoms with E-state index in [1.807, 2.05) is 4.90 Å². The number of benzene rings is 1. The van der Waals surface area contributed by atoms with Gasteiger partial charge in [-0.3, -0.25) is 9.69 Å². The van der Waals surface area contributed by atoms with Crippen molar-refractivity contribution in [1.82, 2.24) is 15.0 Å². The molecule has 1 amide bonds. The summed E-state index contributed by atoms with van der Waals surface area (Å²) in [5.41, 5.74) is -0.789. The van der Waals surface area contributed by atoms with Crippen molar-refractivity contribution in [2.24, 2.45) is 0 Å². The molecule has 0 aliphatic carbocycles. The minimum absolute atomic E-state index is 0.179. The summed E-state index contributed by atoms with van der Waals surface area (Å²) < 4.78 is 50.5. The average Bonchev–Trinajstić information content (AvgIpc) is 3.32. The molecular formula is C19H20F3N3O3. The zero-order valence-electron chi connectivity index (χ0n) is 15.1. The summed E-state index contributed by atoms with van der Waals surface area (Å²) in [6.45, 7) is 2.02. The van der Waals surface area contributed by atoms with Gasteiger partial charge in [-0.25, -0.2) is 0 Å². The second-order valence-electron chi connectivity index (χ2n) is 7.27. The fraction of sp³-hybridized carbons (Fsp3) is 0.474. The van der Waals surface area contributed by atoms with Crippen molar-refractivity contribution >= 4 is 5.91 Å². The number of hydrogen-bond acceptors (Lipinski definition) is 5. The molecule has 3 heterocycles. The normalized spacial score (nSPS) is 20.0. The number of amides is 1. The van der Waals surface area contributed by atoms with Crippen LogP contribution >= 0.6 is 0 Å². The zero-order valence-corrected chi connectivity index (χ0v) is 15.1. The fourth-order valence-electron chi connectivity index (χ4n) is 3.91. The van der Waals surface area contributed by atoms with E-state index in [4.69, 9.17) is 9.26 Å². The van der Waals surface area contributed by atoms with E-state index in [0.29, 0.717) is 32.5 Å². The van der Waals surface area contributed by atoms with Crippen molar-refractivity contribution < 1.29 is 27.2 Å². The van der Waals surface area contributed by atoms with Crippen LogP contribution in [0.4, 0.5) is 13.2 Å². The van der Waals surface area contributed by atoms with E-state index in [9.17, 15) is 18.0 Å². The largest absolute Gasteiger partial charge is 0.416 e. The highest BCUT2D eigenvalue weighted by molar-refractivity contribution is 5.91. The first-order valence-corrected chi connectivity index (χ1v) is 9.08. The maximum Gasteiger partial charge on any atom is 0.416 e. The molecule has 2 fully saturated rings. The number of rotatable bonds is 3. The van der Waals surface area contributed by atoms with Crippen molar-refractivity contribution in [2.45, 2.75) is 31.2 Å². The van der Waals surface area contributed by atoms with E-state index in [2.05, 4.69) is 5.16 Å². The van der Waals surface area contributed by atoms with Gasteiger partial charge in [-0.05, 0) is 24.5 Å². The highest BCUT2D eigenvalue weighted by Gasteiger charge is 2.43. The third kappa shape index (κ3) is 3.77. The lowest BCUT2D eigenvalue weighted by Gasteiger charge is -2.37. The quantitative estimate of drug-likeness (QED) is 0.799.